The fourth-order valence-electron chi connectivity index (χ4n) is 2.14. The van der Waals surface area contributed by atoms with Crippen LogP contribution in [-0.2, 0) is 0 Å². The first kappa shape index (κ1) is 14.8. The summed E-state index contributed by atoms with van der Waals surface area (Å²) in [6.07, 6.45) is 0. The average Bonchev–Trinajstić information content (AvgIpc) is 2.43. The van der Waals surface area contributed by atoms with Crippen molar-refractivity contribution in [3.8, 4) is 5.75 Å². The van der Waals surface area contributed by atoms with Gasteiger partial charge in [-0.05, 0) is 55.7 Å². The number of carbonyl (C=O) groups is 1. The zero-order valence-electron chi connectivity index (χ0n) is 12.1. The number of hydrogen-bond acceptors (Lipinski definition) is 2. The van der Waals surface area contributed by atoms with E-state index in [0.717, 1.165) is 32.5 Å². The molecular weight excluding hydrogens is 316 g/mol. The van der Waals surface area contributed by atoms with Crippen LogP contribution in [-0.4, -0.2) is 12.9 Å². The lowest BCUT2D eigenvalue weighted by Crippen LogP contribution is -2.05. The van der Waals surface area contributed by atoms with Crippen molar-refractivity contribution in [2.75, 3.05) is 7.11 Å². The number of ketones is 1. The molecule has 2 aromatic carbocycles. The molecule has 0 aromatic heterocycles. The number of benzene rings is 2. The molecule has 0 aliphatic rings. The number of carbonyl (C=O) groups excluding carboxylic acids is 1. The quantitative estimate of drug-likeness (QED) is 0.767. The monoisotopic (exact) mass is 332 g/mol. The summed E-state index contributed by atoms with van der Waals surface area (Å²) in [5.74, 6) is 0.845. The van der Waals surface area contributed by atoms with Gasteiger partial charge in [0.25, 0.3) is 0 Å². The second-order valence-electron chi connectivity index (χ2n) is 4.93. The smallest absolute Gasteiger partial charge is 0.193 e. The van der Waals surface area contributed by atoms with Crippen LogP contribution in [0.4, 0.5) is 0 Å². The minimum atomic E-state index is 0.0361. The van der Waals surface area contributed by atoms with E-state index in [0.29, 0.717) is 5.56 Å². The van der Waals surface area contributed by atoms with Crippen LogP contribution in [0, 0.1) is 20.8 Å². The lowest BCUT2D eigenvalue weighted by molar-refractivity contribution is 0.103. The fourth-order valence-corrected chi connectivity index (χ4v) is 2.52. The summed E-state index contributed by atoms with van der Waals surface area (Å²) in [6.45, 7) is 5.87. The number of methoxy groups -OCH3 is 1. The number of hydrogen-bond donors (Lipinski definition) is 0. The predicted octanol–water partition coefficient (Wildman–Crippen LogP) is 4.61. The Hall–Kier alpha value is -1.61. The molecule has 0 saturated heterocycles. The van der Waals surface area contributed by atoms with Gasteiger partial charge in [-0.15, -0.1) is 0 Å². The van der Waals surface area contributed by atoms with Gasteiger partial charge in [0, 0.05) is 15.6 Å². The van der Waals surface area contributed by atoms with Crippen molar-refractivity contribution in [3.63, 3.8) is 0 Å². The maximum Gasteiger partial charge on any atom is 0.193 e. The van der Waals surface area contributed by atoms with E-state index in [9.17, 15) is 4.79 Å². The Bertz CT molecular complexity index is 675. The van der Waals surface area contributed by atoms with Gasteiger partial charge in [-0.3, -0.25) is 4.79 Å². The summed E-state index contributed by atoms with van der Waals surface area (Å²) in [6, 6.07) is 9.48. The lowest BCUT2D eigenvalue weighted by Gasteiger charge is -2.11. The highest BCUT2D eigenvalue weighted by Gasteiger charge is 2.15. The normalized spacial score (nSPS) is 10.4. The first-order valence-corrected chi connectivity index (χ1v) is 7.19. The van der Waals surface area contributed by atoms with Gasteiger partial charge in [-0.2, -0.15) is 0 Å². The molecule has 20 heavy (non-hydrogen) atoms. The molecule has 0 radical (unpaired) electrons. The van der Waals surface area contributed by atoms with Crippen molar-refractivity contribution in [1.29, 1.82) is 0 Å². The zero-order valence-corrected chi connectivity index (χ0v) is 13.7. The molecule has 2 aromatic rings. The molecule has 0 aliphatic carbocycles. The van der Waals surface area contributed by atoms with Crippen LogP contribution in [0.25, 0.3) is 0 Å². The number of rotatable bonds is 3. The highest BCUT2D eigenvalue weighted by molar-refractivity contribution is 9.10. The molecule has 3 heteroatoms. The molecule has 104 valence electrons. The third-order valence-electron chi connectivity index (χ3n) is 3.42. The summed E-state index contributed by atoms with van der Waals surface area (Å²) in [5, 5.41) is 0. The van der Waals surface area contributed by atoms with E-state index in [1.807, 2.05) is 51.1 Å². The molecule has 0 aliphatic heterocycles. The summed E-state index contributed by atoms with van der Waals surface area (Å²) < 4.78 is 6.23. The van der Waals surface area contributed by atoms with E-state index < -0.39 is 0 Å². The van der Waals surface area contributed by atoms with Crippen molar-refractivity contribution in [1.82, 2.24) is 0 Å². The number of ether oxygens (including phenoxy) is 1. The van der Waals surface area contributed by atoms with Crippen molar-refractivity contribution >= 4 is 21.7 Å². The van der Waals surface area contributed by atoms with Crippen molar-refractivity contribution in [3.05, 3.63) is 62.6 Å². The van der Waals surface area contributed by atoms with Gasteiger partial charge in [-0.1, -0.05) is 28.1 Å². The summed E-state index contributed by atoms with van der Waals surface area (Å²) in [4.78, 5) is 12.6. The predicted molar refractivity (Wildman–Crippen MR) is 84.8 cm³/mol. The zero-order chi connectivity index (χ0) is 14.9. The first-order valence-electron chi connectivity index (χ1n) is 6.40. The second kappa shape index (κ2) is 5.80. The standard InChI is InChI=1S/C17H17BrO2/c1-10-5-6-13(9-15(10)18)17(19)14-7-12(3)16(20-4)8-11(14)2/h5-9H,1-4H3. The van der Waals surface area contributed by atoms with E-state index in [1.165, 1.54) is 0 Å². The molecule has 0 saturated carbocycles. The highest BCUT2D eigenvalue weighted by Crippen LogP contribution is 2.26. The summed E-state index contributed by atoms with van der Waals surface area (Å²) in [5.41, 5.74) is 4.42. The molecule has 0 amide bonds. The van der Waals surface area contributed by atoms with Gasteiger partial charge in [0.2, 0.25) is 0 Å². The molecular formula is C17H17BrO2. The second-order valence-corrected chi connectivity index (χ2v) is 5.78. The van der Waals surface area contributed by atoms with Gasteiger partial charge in [-0.25, -0.2) is 0 Å². The molecule has 2 rings (SSSR count). The Morgan fingerprint density at radius 1 is 1.00 bits per heavy atom. The highest BCUT2D eigenvalue weighted by atomic mass is 79.9. The van der Waals surface area contributed by atoms with E-state index >= 15 is 0 Å². The summed E-state index contributed by atoms with van der Waals surface area (Å²) >= 11 is 3.47. The van der Waals surface area contributed by atoms with E-state index in [2.05, 4.69) is 15.9 Å². The van der Waals surface area contributed by atoms with Crippen molar-refractivity contribution in [2.45, 2.75) is 20.8 Å². The molecule has 0 fully saturated rings. The van der Waals surface area contributed by atoms with Crippen molar-refractivity contribution < 1.29 is 9.53 Å². The maximum atomic E-state index is 12.6. The van der Waals surface area contributed by atoms with Gasteiger partial charge < -0.3 is 4.74 Å². The van der Waals surface area contributed by atoms with E-state index in [-0.39, 0.29) is 5.78 Å². The van der Waals surface area contributed by atoms with Gasteiger partial charge in [0.05, 0.1) is 7.11 Å². The Labute approximate surface area is 127 Å². The van der Waals surface area contributed by atoms with Gasteiger partial charge in [0.15, 0.2) is 5.78 Å². The van der Waals surface area contributed by atoms with Crippen LogP contribution < -0.4 is 4.74 Å². The van der Waals surface area contributed by atoms with E-state index in [4.69, 9.17) is 4.74 Å². The Balaban J connectivity index is 2.48. The third kappa shape index (κ3) is 2.78. The molecule has 0 heterocycles. The van der Waals surface area contributed by atoms with Crippen LogP contribution in [0.3, 0.4) is 0 Å². The summed E-state index contributed by atoms with van der Waals surface area (Å²) in [7, 11) is 1.64. The number of aryl methyl sites for hydroxylation is 3. The topological polar surface area (TPSA) is 26.3 Å². The SMILES string of the molecule is COc1cc(C)c(C(=O)c2ccc(C)c(Br)c2)cc1C. The third-order valence-corrected chi connectivity index (χ3v) is 4.27. The Kier molecular flexibility index (Phi) is 4.29. The largest absolute Gasteiger partial charge is 0.496 e. The van der Waals surface area contributed by atoms with Gasteiger partial charge >= 0.3 is 0 Å². The molecule has 2 nitrogen and oxygen atoms in total. The van der Waals surface area contributed by atoms with E-state index in [1.54, 1.807) is 7.11 Å². The van der Waals surface area contributed by atoms with Crippen LogP contribution in [0.2, 0.25) is 0 Å². The molecule has 0 unspecified atom stereocenters. The van der Waals surface area contributed by atoms with Crippen LogP contribution >= 0.6 is 15.9 Å². The van der Waals surface area contributed by atoms with Gasteiger partial charge in [0.1, 0.15) is 5.75 Å². The van der Waals surface area contributed by atoms with Crippen LogP contribution in [0.15, 0.2) is 34.8 Å². The minimum Gasteiger partial charge on any atom is -0.496 e. The fraction of sp³-hybridized carbons (Fsp3) is 0.235. The van der Waals surface area contributed by atoms with Crippen LogP contribution in [0.1, 0.15) is 32.6 Å². The van der Waals surface area contributed by atoms with Crippen molar-refractivity contribution in [2.24, 2.45) is 0 Å². The molecule has 0 bridgehead atoms. The molecule has 0 N–H and O–H groups in total. The Morgan fingerprint density at radius 3 is 2.30 bits per heavy atom. The lowest BCUT2D eigenvalue weighted by atomic mass is 9.96. The minimum absolute atomic E-state index is 0.0361. The maximum absolute atomic E-state index is 12.6. The van der Waals surface area contributed by atoms with Crippen LogP contribution in [0.5, 0.6) is 5.75 Å². The molecule has 0 spiro atoms. The average molecular weight is 333 g/mol. The first-order chi connectivity index (χ1) is 9.43. The molecule has 0 atom stereocenters. The number of halogens is 1. The Morgan fingerprint density at radius 2 is 1.70 bits per heavy atom.